The molecule has 0 bridgehead atoms. The first-order valence-electron chi connectivity index (χ1n) is 9.55. The number of phenolic OH excluding ortho intramolecular Hbond substituents is 2. The van der Waals surface area contributed by atoms with Gasteiger partial charge in [0.15, 0.2) is 0 Å². The number of hydrogen-bond donors (Lipinski definition) is 3. The molecule has 1 amide bonds. The molecule has 0 unspecified atom stereocenters. The lowest BCUT2D eigenvalue weighted by molar-refractivity contribution is -0.149. The first-order chi connectivity index (χ1) is 14.5. The second-order valence-electron chi connectivity index (χ2n) is 6.93. The molecule has 3 rings (SSSR count). The highest BCUT2D eigenvalue weighted by Crippen LogP contribution is 2.14. The number of ether oxygens (including phenoxy) is 1. The second kappa shape index (κ2) is 10.1. The molecule has 0 heterocycles. The van der Waals surface area contributed by atoms with Gasteiger partial charge in [0, 0.05) is 6.42 Å². The average molecular weight is 405 g/mol. The summed E-state index contributed by atoms with van der Waals surface area (Å²) in [5.74, 6) is -0.626. The standard InChI is InChI=1S/C24H23NO5/c26-20-10-6-17(7-11-20)14-22(24(29)30-16-19-4-2-1-3-5-19)25-23(28)15-18-8-12-21(27)13-9-18/h1-13,22,26-27H,14-16H2,(H,25,28)/t22-/m0/s1. The summed E-state index contributed by atoms with van der Waals surface area (Å²) in [7, 11) is 0. The number of rotatable bonds is 8. The van der Waals surface area contributed by atoms with Crippen LogP contribution in [0.2, 0.25) is 0 Å². The van der Waals surface area contributed by atoms with Crippen molar-refractivity contribution in [2.24, 2.45) is 0 Å². The molecule has 0 fully saturated rings. The summed E-state index contributed by atoms with van der Waals surface area (Å²) in [6.45, 7) is 0.111. The van der Waals surface area contributed by atoms with Crippen molar-refractivity contribution in [3.63, 3.8) is 0 Å². The average Bonchev–Trinajstić information content (AvgIpc) is 2.75. The molecule has 0 saturated carbocycles. The maximum atomic E-state index is 12.7. The first-order valence-corrected chi connectivity index (χ1v) is 9.55. The molecule has 0 aliphatic rings. The van der Waals surface area contributed by atoms with Crippen LogP contribution in [0.25, 0.3) is 0 Å². The van der Waals surface area contributed by atoms with Crippen LogP contribution in [0.1, 0.15) is 16.7 Å². The predicted molar refractivity (Wildman–Crippen MR) is 112 cm³/mol. The monoisotopic (exact) mass is 405 g/mol. The Balaban J connectivity index is 1.67. The summed E-state index contributed by atoms with van der Waals surface area (Å²) in [6, 6.07) is 21.2. The van der Waals surface area contributed by atoms with E-state index in [1.54, 1.807) is 24.3 Å². The summed E-state index contributed by atoms with van der Waals surface area (Å²) >= 11 is 0. The van der Waals surface area contributed by atoms with Crippen LogP contribution < -0.4 is 5.32 Å². The largest absolute Gasteiger partial charge is 0.508 e. The lowest BCUT2D eigenvalue weighted by Gasteiger charge is -2.18. The molecule has 0 spiro atoms. The van der Waals surface area contributed by atoms with Crippen LogP contribution in [-0.2, 0) is 33.8 Å². The number of hydrogen-bond acceptors (Lipinski definition) is 5. The zero-order valence-corrected chi connectivity index (χ0v) is 16.3. The molecule has 1 atom stereocenters. The summed E-state index contributed by atoms with van der Waals surface area (Å²) in [5, 5.41) is 21.6. The van der Waals surface area contributed by atoms with Crippen molar-refractivity contribution in [1.29, 1.82) is 0 Å². The van der Waals surface area contributed by atoms with Gasteiger partial charge in [-0.25, -0.2) is 4.79 Å². The fraction of sp³-hybridized carbons (Fsp3) is 0.167. The van der Waals surface area contributed by atoms with Crippen LogP contribution in [0.4, 0.5) is 0 Å². The van der Waals surface area contributed by atoms with Gasteiger partial charge in [0.25, 0.3) is 0 Å². The van der Waals surface area contributed by atoms with Crippen molar-refractivity contribution < 1.29 is 24.5 Å². The summed E-state index contributed by atoms with van der Waals surface area (Å²) in [6.07, 6.45) is 0.299. The minimum Gasteiger partial charge on any atom is -0.508 e. The Morgan fingerprint density at radius 1 is 0.767 bits per heavy atom. The number of aromatic hydroxyl groups is 2. The van der Waals surface area contributed by atoms with Gasteiger partial charge in [-0.15, -0.1) is 0 Å². The van der Waals surface area contributed by atoms with Gasteiger partial charge in [-0.1, -0.05) is 54.6 Å². The Labute approximate surface area is 174 Å². The molecule has 6 nitrogen and oxygen atoms in total. The van der Waals surface area contributed by atoms with E-state index in [1.807, 2.05) is 30.3 Å². The molecular weight excluding hydrogens is 382 g/mol. The highest BCUT2D eigenvalue weighted by Gasteiger charge is 2.23. The molecule has 154 valence electrons. The molecule has 3 aromatic rings. The van der Waals surface area contributed by atoms with Crippen LogP contribution >= 0.6 is 0 Å². The number of phenols is 2. The van der Waals surface area contributed by atoms with Gasteiger partial charge in [-0.3, -0.25) is 4.79 Å². The number of carbonyl (C=O) groups excluding carboxylic acids is 2. The molecule has 3 aromatic carbocycles. The number of amides is 1. The number of nitrogens with one attached hydrogen (secondary N) is 1. The smallest absolute Gasteiger partial charge is 0.329 e. The molecule has 0 radical (unpaired) electrons. The Bertz CT molecular complexity index is 969. The summed E-state index contributed by atoms with van der Waals surface area (Å²) in [4.78, 5) is 25.2. The van der Waals surface area contributed by atoms with E-state index in [0.717, 1.165) is 11.1 Å². The lowest BCUT2D eigenvalue weighted by atomic mass is 10.0. The van der Waals surface area contributed by atoms with Crippen molar-refractivity contribution in [1.82, 2.24) is 5.32 Å². The molecule has 0 aliphatic heterocycles. The maximum absolute atomic E-state index is 12.7. The van der Waals surface area contributed by atoms with Crippen molar-refractivity contribution >= 4 is 11.9 Å². The third-order valence-electron chi connectivity index (χ3n) is 4.52. The van der Waals surface area contributed by atoms with Crippen molar-refractivity contribution in [2.45, 2.75) is 25.5 Å². The van der Waals surface area contributed by atoms with Crippen LogP contribution in [-0.4, -0.2) is 28.1 Å². The maximum Gasteiger partial charge on any atom is 0.329 e. The van der Waals surface area contributed by atoms with E-state index in [1.165, 1.54) is 24.3 Å². The molecule has 6 heteroatoms. The van der Waals surface area contributed by atoms with E-state index in [4.69, 9.17) is 4.74 Å². The Morgan fingerprint density at radius 3 is 1.93 bits per heavy atom. The zero-order chi connectivity index (χ0) is 21.3. The van der Waals surface area contributed by atoms with E-state index in [2.05, 4.69) is 5.32 Å². The van der Waals surface area contributed by atoms with E-state index < -0.39 is 12.0 Å². The fourth-order valence-corrected chi connectivity index (χ4v) is 2.93. The molecular formula is C24H23NO5. The number of carbonyl (C=O) groups is 2. The van der Waals surface area contributed by atoms with Crippen LogP contribution in [0.15, 0.2) is 78.9 Å². The zero-order valence-electron chi connectivity index (χ0n) is 16.3. The molecule has 0 saturated heterocycles. The van der Waals surface area contributed by atoms with E-state index in [-0.39, 0.29) is 36.9 Å². The van der Waals surface area contributed by atoms with Crippen molar-refractivity contribution in [3.8, 4) is 11.5 Å². The third kappa shape index (κ3) is 6.38. The minimum absolute atomic E-state index is 0.0678. The quantitative estimate of drug-likeness (QED) is 0.501. The molecule has 0 aliphatic carbocycles. The third-order valence-corrected chi connectivity index (χ3v) is 4.52. The predicted octanol–water partition coefficient (Wildman–Crippen LogP) is 3.11. The highest BCUT2D eigenvalue weighted by molar-refractivity contribution is 5.85. The summed E-state index contributed by atoms with van der Waals surface area (Å²) < 4.78 is 5.42. The normalized spacial score (nSPS) is 11.5. The number of benzene rings is 3. The molecule has 0 aromatic heterocycles. The molecule has 30 heavy (non-hydrogen) atoms. The van der Waals surface area contributed by atoms with E-state index >= 15 is 0 Å². The van der Waals surface area contributed by atoms with Gasteiger partial charge >= 0.3 is 5.97 Å². The molecule has 3 N–H and O–H groups in total. The van der Waals surface area contributed by atoms with Gasteiger partial charge in [0.05, 0.1) is 6.42 Å². The van der Waals surface area contributed by atoms with Crippen LogP contribution in [0.3, 0.4) is 0 Å². The Hall–Kier alpha value is -3.80. The van der Waals surface area contributed by atoms with Gasteiger partial charge < -0.3 is 20.3 Å². The number of esters is 1. The lowest BCUT2D eigenvalue weighted by Crippen LogP contribution is -2.44. The SMILES string of the molecule is O=C(Cc1ccc(O)cc1)N[C@@H](Cc1ccc(O)cc1)C(=O)OCc1ccccc1. The fourth-order valence-electron chi connectivity index (χ4n) is 2.93. The van der Waals surface area contributed by atoms with Crippen molar-refractivity contribution in [3.05, 3.63) is 95.6 Å². The van der Waals surface area contributed by atoms with Gasteiger partial charge in [-0.05, 0) is 41.0 Å². The van der Waals surface area contributed by atoms with E-state index in [0.29, 0.717) is 5.56 Å². The Kier molecular flexibility index (Phi) is 7.05. The van der Waals surface area contributed by atoms with Gasteiger partial charge in [0.2, 0.25) is 5.91 Å². The second-order valence-corrected chi connectivity index (χ2v) is 6.93. The van der Waals surface area contributed by atoms with Crippen LogP contribution in [0, 0.1) is 0 Å². The van der Waals surface area contributed by atoms with E-state index in [9.17, 15) is 19.8 Å². The topological polar surface area (TPSA) is 95.9 Å². The van der Waals surface area contributed by atoms with Crippen LogP contribution in [0.5, 0.6) is 11.5 Å². The first kappa shape index (κ1) is 20.9. The van der Waals surface area contributed by atoms with Crippen molar-refractivity contribution in [2.75, 3.05) is 0 Å². The highest BCUT2D eigenvalue weighted by atomic mass is 16.5. The Morgan fingerprint density at radius 2 is 1.33 bits per heavy atom. The van der Waals surface area contributed by atoms with Gasteiger partial charge in [0.1, 0.15) is 24.1 Å². The minimum atomic E-state index is -0.872. The summed E-state index contributed by atoms with van der Waals surface area (Å²) in [5.41, 5.74) is 2.34. The van der Waals surface area contributed by atoms with Gasteiger partial charge in [-0.2, -0.15) is 0 Å².